The van der Waals surface area contributed by atoms with Crippen LogP contribution >= 0.6 is 0 Å². The average Bonchev–Trinajstić information content (AvgIpc) is 2.71. The molecule has 0 amide bonds. The van der Waals surface area contributed by atoms with Crippen LogP contribution in [-0.4, -0.2) is 36.8 Å². The predicted octanol–water partition coefficient (Wildman–Crippen LogP) is 3.74. The van der Waals surface area contributed by atoms with Gasteiger partial charge in [-0.1, -0.05) is 0 Å². The molecule has 0 aliphatic rings. The van der Waals surface area contributed by atoms with Crippen LogP contribution in [0.2, 0.25) is 0 Å². The van der Waals surface area contributed by atoms with Crippen LogP contribution in [0, 0.1) is 6.92 Å². The summed E-state index contributed by atoms with van der Waals surface area (Å²) in [4.78, 5) is 20.9. The molecule has 7 heteroatoms. The molecule has 1 aromatic carbocycles. The monoisotopic (exact) mass is 381 g/mol. The summed E-state index contributed by atoms with van der Waals surface area (Å²) in [6.07, 6.45) is 1.51. The summed E-state index contributed by atoms with van der Waals surface area (Å²) in [5, 5.41) is 3.33. The van der Waals surface area contributed by atoms with E-state index in [1.807, 2.05) is 31.2 Å². The Morgan fingerprint density at radius 3 is 2.64 bits per heavy atom. The molecule has 3 rings (SSSR count). The van der Waals surface area contributed by atoms with Crippen LogP contribution in [-0.2, 0) is 11.3 Å². The largest absolute Gasteiger partial charge is 0.497 e. The van der Waals surface area contributed by atoms with Gasteiger partial charge >= 0.3 is 5.97 Å². The number of benzene rings is 1. The predicted molar refractivity (Wildman–Crippen MR) is 107 cm³/mol. The minimum Gasteiger partial charge on any atom is -0.497 e. The van der Waals surface area contributed by atoms with Crippen molar-refractivity contribution in [1.29, 1.82) is 0 Å². The van der Waals surface area contributed by atoms with Crippen molar-refractivity contribution in [2.24, 2.45) is 0 Å². The number of rotatable bonds is 7. The topological polar surface area (TPSA) is 82.6 Å². The molecule has 0 saturated carbocycles. The van der Waals surface area contributed by atoms with Crippen LogP contribution in [0.4, 0.5) is 5.82 Å². The first-order valence-electron chi connectivity index (χ1n) is 8.95. The standard InChI is InChI=1S/C21H23N3O4/c1-5-28-21(25)15-9-18-17(22-12-15)8-13(2)20(24-18)23-11-14-6-7-16(26-3)10-19(14)27-4/h6-10,12H,5,11H2,1-4H3,(H,23,24). The number of fused-ring (bicyclic) bond motifs is 1. The van der Waals surface area contributed by atoms with E-state index in [1.165, 1.54) is 6.20 Å². The molecular formula is C21H23N3O4. The third-order valence-corrected chi connectivity index (χ3v) is 4.31. The Balaban J connectivity index is 1.86. The minimum absolute atomic E-state index is 0.314. The van der Waals surface area contributed by atoms with E-state index in [0.29, 0.717) is 30.0 Å². The summed E-state index contributed by atoms with van der Waals surface area (Å²) >= 11 is 0. The number of carbonyl (C=O) groups excluding carboxylic acids is 1. The summed E-state index contributed by atoms with van der Waals surface area (Å²) in [5.41, 5.74) is 3.66. The summed E-state index contributed by atoms with van der Waals surface area (Å²) in [7, 11) is 3.24. The number of hydrogen-bond donors (Lipinski definition) is 1. The summed E-state index contributed by atoms with van der Waals surface area (Å²) in [5.74, 6) is 1.78. The van der Waals surface area contributed by atoms with Crippen LogP contribution < -0.4 is 14.8 Å². The van der Waals surface area contributed by atoms with E-state index in [2.05, 4.69) is 15.3 Å². The van der Waals surface area contributed by atoms with Crippen molar-refractivity contribution in [3.63, 3.8) is 0 Å². The molecule has 28 heavy (non-hydrogen) atoms. The number of aryl methyl sites for hydroxylation is 1. The number of hydrogen-bond acceptors (Lipinski definition) is 7. The van der Waals surface area contributed by atoms with E-state index in [9.17, 15) is 4.79 Å². The third kappa shape index (κ3) is 4.14. The Hall–Kier alpha value is -3.35. The normalized spacial score (nSPS) is 10.6. The number of ether oxygens (including phenoxy) is 3. The lowest BCUT2D eigenvalue weighted by Crippen LogP contribution is -2.07. The van der Waals surface area contributed by atoms with Gasteiger partial charge in [0.15, 0.2) is 0 Å². The van der Waals surface area contributed by atoms with Gasteiger partial charge in [0.2, 0.25) is 0 Å². The average molecular weight is 381 g/mol. The summed E-state index contributed by atoms with van der Waals surface area (Å²) in [6, 6.07) is 9.30. The van der Waals surface area contributed by atoms with E-state index in [-0.39, 0.29) is 0 Å². The molecule has 7 nitrogen and oxygen atoms in total. The molecule has 0 aliphatic heterocycles. The fraction of sp³-hybridized carbons (Fsp3) is 0.286. The molecule has 0 saturated heterocycles. The zero-order chi connectivity index (χ0) is 20.1. The van der Waals surface area contributed by atoms with Crippen molar-refractivity contribution < 1.29 is 19.0 Å². The highest BCUT2D eigenvalue weighted by Gasteiger charge is 2.11. The highest BCUT2D eigenvalue weighted by Crippen LogP contribution is 2.26. The molecule has 0 aliphatic carbocycles. The first-order valence-corrected chi connectivity index (χ1v) is 8.95. The van der Waals surface area contributed by atoms with Gasteiger partial charge in [-0.3, -0.25) is 4.98 Å². The second kappa shape index (κ2) is 8.56. The maximum Gasteiger partial charge on any atom is 0.339 e. The lowest BCUT2D eigenvalue weighted by atomic mass is 10.1. The minimum atomic E-state index is -0.406. The Labute approximate surface area is 163 Å². The summed E-state index contributed by atoms with van der Waals surface area (Å²) in [6.45, 7) is 4.57. The van der Waals surface area contributed by atoms with E-state index >= 15 is 0 Å². The van der Waals surface area contributed by atoms with Gasteiger partial charge in [-0.25, -0.2) is 9.78 Å². The number of esters is 1. The first-order chi connectivity index (χ1) is 13.5. The Morgan fingerprint density at radius 2 is 1.93 bits per heavy atom. The third-order valence-electron chi connectivity index (χ3n) is 4.31. The fourth-order valence-corrected chi connectivity index (χ4v) is 2.83. The lowest BCUT2D eigenvalue weighted by molar-refractivity contribution is 0.0526. The van der Waals surface area contributed by atoms with Crippen molar-refractivity contribution in [2.45, 2.75) is 20.4 Å². The molecule has 2 heterocycles. The Kier molecular flexibility index (Phi) is 5.93. The molecule has 0 radical (unpaired) electrons. The van der Waals surface area contributed by atoms with Crippen LogP contribution in [0.3, 0.4) is 0 Å². The van der Waals surface area contributed by atoms with Crippen molar-refractivity contribution >= 4 is 22.8 Å². The van der Waals surface area contributed by atoms with Gasteiger partial charge in [0.05, 0.1) is 37.4 Å². The number of methoxy groups -OCH3 is 2. The van der Waals surface area contributed by atoms with Gasteiger partial charge in [0.25, 0.3) is 0 Å². The van der Waals surface area contributed by atoms with Crippen molar-refractivity contribution in [2.75, 3.05) is 26.1 Å². The zero-order valence-corrected chi connectivity index (χ0v) is 16.4. The number of aromatic nitrogens is 2. The fourth-order valence-electron chi connectivity index (χ4n) is 2.83. The number of anilines is 1. The molecule has 3 aromatic rings. The van der Waals surface area contributed by atoms with Crippen LogP contribution in [0.5, 0.6) is 11.5 Å². The Bertz CT molecular complexity index is 1000. The SMILES string of the molecule is CCOC(=O)c1cnc2cc(C)c(NCc3ccc(OC)cc3OC)nc2c1. The summed E-state index contributed by atoms with van der Waals surface area (Å²) < 4.78 is 15.7. The second-order valence-corrected chi connectivity index (χ2v) is 6.17. The zero-order valence-electron chi connectivity index (χ0n) is 16.4. The Morgan fingerprint density at radius 1 is 1.11 bits per heavy atom. The van der Waals surface area contributed by atoms with Crippen molar-refractivity contribution in [1.82, 2.24) is 9.97 Å². The quantitative estimate of drug-likeness (QED) is 0.624. The molecule has 0 spiro atoms. The molecule has 0 atom stereocenters. The number of nitrogens with one attached hydrogen (secondary N) is 1. The smallest absolute Gasteiger partial charge is 0.339 e. The van der Waals surface area contributed by atoms with Crippen LogP contribution in [0.1, 0.15) is 28.4 Å². The lowest BCUT2D eigenvalue weighted by Gasteiger charge is -2.13. The number of pyridine rings is 2. The number of nitrogens with zero attached hydrogens (tertiary/aromatic N) is 2. The first kappa shape index (κ1) is 19.4. The van der Waals surface area contributed by atoms with Gasteiger partial charge in [0, 0.05) is 24.4 Å². The molecule has 0 unspecified atom stereocenters. The van der Waals surface area contributed by atoms with E-state index in [1.54, 1.807) is 27.2 Å². The van der Waals surface area contributed by atoms with Crippen molar-refractivity contribution in [3.05, 3.63) is 53.2 Å². The maximum atomic E-state index is 11.9. The maximum absolute atomic E-state index is 11.9. The van der Waals surface area contributed by atoms with Crippen LogP contribution in [0.15, 0.2) is 36.5 Å². The molecule has 0 fully saturated rings. The van der Waals surface area contributed by atoms with Gasteiger partial charge in [-0.2, -0.15) is 0 Å². The highest BCUT2D eigenvalue weighted by molar-refractivity contribution is 5.93. The van der Waals surface area contributed by atoms with E-state index < -0.39 is 5.97 Å². The van der Waals surface area contributed by atoms with Crippen LogP contribution in [0.25, 0.3) is 11.0 Å². The number of carbonyl (C=O) groups is 1. The van der Waals surface area contributed by atoms with E-state index in [4.69, 9.17) is 14.2 Å². The molecule has 146 valence electrons. The van der Waals surface area contributed by atoms with Gasteiger partial charge in [-0.05, 0) is 43.7 Å². The molecular weight excluding hydrogens is 358 g/mol. The highest BCUT2D eigenvalue weighted by atomic mass is 16.5. The molecule has 0 bridgehead atoms. The van der Waals surface area contributed by atoms with Gasteiger partial charge < -0.3 is 19.5 Å². The van der Waals surface area contributed by atoms with Gasteiger partial charge in [-0.15, -0.1) is 0 Å². The van der Waals surface area contributed by atoms with Crippen molar-refractivity contribution in [3.8, 4) is 11.5 Å². The molecule has 2 aromatic heterocycles. The van der Waals surface area contributed by atoms with E-state index in [0.717, 1.165) is 28.1 Å². The molecule has 1 N–H and O–H groups in total. The second-order valence-electron chi connectivity index (χ2n) is 6.17. The van der Waals surface area contributed by atoms with Gasteiger partial charge in [0.1, 0.15) is 17.3 Å².